The number of aliphatic hydroxyl groups is 4. The summed E-state index contributed by atoms with van der Waals surface area (Å²) >= 11 is 3.65. The highest BCUT2D eigenvalue weighted by Crippen LogP contribution is 2.49. The van der Waals surface area contributed by atoms with Crippen LogP contribution in [0.3, 0.4) is 0 Å². The van der Waals surface area contributed by atoms with Crippen LogP contribution in [0.4, 0.5) is 0 Å². The summed E-state index contributed by atoms with van der Waals surface area (Å²) in [6.07, 6.45) is 0.570. The lowest BCUT2D eigenvalue weighted by molar-refractivity contribution is -0.00434. The second-order valence-electron chi connectivity index (χ2n) is 7.84. The molecule has 1 aliphatic rings. The minimum Gasteiger partial charge on any atom is -0.394 e. The second kappa shape index (κ2) is 14.0. The lowest BCUT2D eigenvalue weighted by atomic mass is 10.0. The topological polar surface area (TPSA) is 99.4 Å². The number of benzene rings is 1. The van der Waals surface area contributed by atoms with Crippen molar-refractivity contribution in [3.8, 4) is 0 Å². The summed E-state index contributed by atoms with van der Waals surface area (Å²) in [5, 5.41) is 39.9. The number of thioether (sulfide) groups is 2. The van der Waals surface area contributed by atoms with Crippen molar-refractivity contribution in [3.05, 3.63) is 35.9 Å². The third kappa shape index (κ3) is 9.44. The average molecular weight is 461 g/mol. The Balaban J connectivity index is 1.83. The fourth-order valence-corrected chi connectivity index (χ4v) is 7.20. The Morgan fingerprint density at radius 2 is 1.67 bits per heavy atom. The quantitative estimate of drug-likeness (QED) is 0.336. The van der Waals surface area contributed by atoms with Gasteiger partial charge in [-0.25, -0.2) is 0 Å². The molecule has 8 heteroatoms. The van der Waals surface area contributed by atoms with E-state index < -0.39 is 18.3 Å². The molecule has 1 aliphatic heterocycles. The van der Waals surface area contributed by atoms with Crippen molar-refractivity contribution in [1.29, 1.82) is 0 Å². The number of aliphatic hydroxyl groups excluding tert-OH is 4. The molecule has 4 N–H and O–H groups in total. The van der Waals surface area contributed by atoms with Crippen LogP contribution < -0.4 is 0 Å². The third-order valence-electron chi connectivity index (χ3n) is 5.15. The van der Waals surface area contributed by atoms with Crippen LogP contribution in [0.5, 0.6) is 0 Å². The zero-order valence-corrected chi connectivity index (χ0v) is 19.3. The van der Waals surface area contributed by atoms with E-state index in [1.54, 1.807) is 7.11 Å². The van der Waals surface area contributed by atoms with Gasteiger partial charge in [0.2, 0.25) is 0 Å². The maximum atomic E-state index is 10.7. The Hall–Kier alpha value is -0.320. The molecule has 1 aromatic carbocycles. The predicted octanol–water partition coefficient (Wildman–Crippen LogP) is 2.42. The molecule has 0 bridgehead atoms. The van der Waals surface area contributed by atoms with Crippen molar-refractivity contribution in [2.24, 2.45) is 0 Å². The fourth-order valence-electron chi connectivity index (χ4n) is 3.64. The highest BCUT2D eigenvalue weighted by Gasteiger charge is 2.39. The summed E-state index contributed by atoms with van der Waals surface area (Å²) in [5.41, 5.74) is 1.05. The summed E-state index contributed by atoms with van der Waals surface area (Å²) in [7, 11) is 1.62. The van der Waals surface area contributed by atoms with Gasteiger partial charge in [0, 0.05) is 20.0 Å². The molecule has 30 heavy (non-hydrogen) atoms. The van der Waals surface area contributed by atoms with Gasteiger partial charge in [0.25, 0.3) is 0 Å². The maximum Gasteiger partial charge on any atom is 0.0798 e. The minimum atomic E-state index is -0.806. The highest BCUT2D eigenvalue weighted by molar-refractivity contribution is 8.18. The standard InChI is InChI=1S/C22H36O6S2/c1-27-21(11-19(25)14-23)13-22(29-8-5-9-30-22)12-18(24)10-20(26)16-28-15-17-6-3-2-4-7-17/h2-4,6-7,18-21,23-26H,5,8-16H2,1H3/t18-,19-,20+,21-/m0/s1. The molecule has 1 heterocycles. The molecule has 172 valence electrons. The van der Waals surface area contributed by atoms with Crippen molar-refractivity contribution in [1.82, 2.24) is 0 Å². The number of ether oxygens (including phenoxy) is 2. The van der Waals surface area contributed by atoms with Crippen LogP contribution in [0.15, 0.2) is 30.3 Å². The molecule has 0 radical (unpaired) electrons. The van der Waals surface area contributed by atoms with Crippen molar-refractivity contribution in [2.45, 2.75) is 67.2 Å². The summed E-state index contributed by atoms with van der Waals surface area (Å²) < 4.78 is 10.9. The Morgan fingerprint density at radius 1 is 0.967 bits per heavy atom. The Kier molecular flexibility index (Phi) is 12.1. The van der Waals surface area contributed by atoms with Gasteiger partial charge in [0.1, 0.15) is 0 Å². The SMILES string of the molecule is CO[C@@H](C[C@H](O)CO)CC1(C[C@@H](O)C[C@@H](O)COCc2ccccc2)SCCCS1. The molecular weight excluding hydrogens is 424 g/mol. The zero-order valence-electron chi connectivity index (χ0n) is 17.7. The van der Waals surface area contributed by atoms with Crippen LogP contribution in [0.1, 0.15) is 37.7 Å². The van der Waals surface area contributed by atoms with Gasteiger partial charge in [0.05, 0.1) is 48.3 Å². The molecule has 4 atom stereocenters. The predicted molar refractivity (Wildman–Crippen MR) is 123 cm³/mol. The summed E-state index contributed by atoms with van der Waals surface area (Å²) in [5.74, 6) is 2.03. The lowest BCUT2D eigenvalue weighted by Crippen LogP contribution is -2.37. The molecule has 0 spiro atoms. The first kappa shape index (κ1) is 25.9. The number of hydrogen-bond acceptors (Lipinski definition) is 8. The van der Waals surface area contributed by atoms with Crippen LogP contribution in [0.25, 0.3) is 0 Å². The van der Waals surface area contributed by atoms with E-state index in [-0.39, 0.29) is 29.8 Å². The summed E-state index contributed by atoms with van der Waals surface area (Å²) in [6, 6.07) is 9.80. The third-order valence-corrected chi connectivity index (χ3v) is 8.56. The molecule has 6 nitrogen and oxygen atoms in total. The van der Waals surface area contributed by atoms with E-state index in [0.29, 0.717) is 25.9 Å². The summed E-state index contributed by atoms with van der Waals surface area (Å²) in [6.45, 7) is 0.333. The van der Waals surface area contributed by atoms with Crippen LogP contribution in [0, 0.1) is 0 Å². The van der Waals surface area contributed by atoms with Crippen molar-refractivity contribution in [3.63, 3.8) is 0 Å². The molecular formula is C22H36O6S2. The molecule has 0 amide bonds. The van der Waals surface area contributed by atoms with Gasteiger partial charge < -0.3 is 29.9 Å². The van der Waals surface area contributed by atoms with Crippen LogP contribution in [0.2, 0.25) is 0 Å². The van der Waals surface area contributed by atoms with Crippen LogP contribution >= 0.6 is 23.5 Å². The van der Waals surface area contributed by atoms with E-state index in [9.17, 15) is 15.3 Å². The number of methoxy groups -OCH3 is 1. The molecule has 1 fully saturated rings. The number of rotatable bonds is 14. The molecule has 1 saturated heterocycles. The molecule has 0 saturated carbocycles. The van der Waals surface area contributed by atoms with Gasteiger partial charge in [-0.2, -0.15) is 0 Å². The molecule has 0 aliphatic carbocycles. The van der Waals surface area contributed by atoms with Gasteiger partial charge >= 0.3 is 0 Å². The van der Waals surface area contributed by atoms with Crippen LogP contribution in [-0.4, -0.2) is 80.8 Å². The van der Waals surface area contributed by atoms with Gasteiger partial charge in [-0.1, -0.05) is 30.3 Å². The van der Waals surface area contributed by atoms with E-state index >= 15 is 0 Å². The normalized spacial score (nSPS) is 20.4. The Bertz CT molecular complexity index is 570. The van der Waals surface area contributed by atoms with E-state index in [4.69, 9.17) is 14.6 Å². The van der Waals surface area contributed by atoms with E-state index in [2.05, 4.69) is 0 Å². The monoisotopic (exact) mass is 460 g/mol. The van der Waals surface area contributed by atoms with Crippen molar-refractivity contribution in [2.75, 3.05) is 31.8 Å². The first-order valence-corrected chi connectivity index (χ1v) is 12.5. The minimum absolute atomic E-state index is 0.183. The Labute approximate surface area is 188 Å². The highest BCUT2D eigenvalue weighted by atomic mass is 32.2. The maximum absolute atomic E-state index is 10.7. The van der Waals surface area contributed by atoms with E-state index in [1.165, 1.54) is 0 Å². The summed E-state index contributed by atoms with van der Waals surface area (Å²) in [4.78, 5) is 0. The van der Waals surface area contributed by atoms with Crippen molar-refractivity contribution < 1.29 is 29.9 Å². The largest absolute Gasteiger partial charge is 0.394 e. The fraction of sp³-hybridized carbons (Fsp3) is 0.727. The smallest absolute Gasteiger partial charge is 0.0798 e. The van der Waals surface area contributed by atoms with Gasteiger partial charge in [-0.05, 0) is 36.3 Å². The van der Waals surface area contributed by atoms with Crippen LogP contribution in [-0.2, 0) is 16.1 Å². The Morgan fingerprint density at radius 3 is 2.30 bits per heavy atom. The molecule has 2 rings (SSSR count). The molecule has 0 aromatic heterocycles. The molecule has 0 unspecified atom stereocenters. The van der Waals surface area contributed by atoms with Gasteiger partial charge in [0.15, 0.2) is 0 Å². The van der Waals surface area contributed by atoms with Gasteiger partial charge in [-0.3, -0.25) is 0 Å². The van der Waals surface area contributed by atoms with Crippen molar-refractivity contribution >= 4 is 23.5 Å². The second-order valence-corrected chi connectivity index (χ2v) is 11.1. The first-order chi connectivity index (χ1) is 14.5. The van der Waals surface area contributed by atoms with Gasteiger partial charge in [-0.15, -0.1) is 23.5 Å². The first-order valence-electron chi connectivity index (χ1n) is 10.5. The van der Waals surface area contributed by atoms with E-state index in [0.717, 1.165) is 23.5 Å². The van der Waals surface area contributed by atoms with E-state index in [1.807, 2.05) is 53.9 Å². The zero-order chi connectivity index (χ0) is 21.8. The number of hydrogen-bond donors (Lipinski definition) is 4. The molecule has 1 aromatic rings. The average Bonchev–Trinajstić information content (AvgIpc) is 2.74. The lowest BCUT2D eigenvalue weighted by Gasteiger charge is -2.40.